The van der Waals surface area contributed by atoms with Crippen LogP contribution in [0.1, 0.15) is 156 Å². The van der Waals surface area contributed by atoms with Crippen LogP contribution >= 0.6 is 0 Å². The zero-order chi connectivity index (χ0) is 64.2. The van der Waals surface area contributed by atoms with Crippen LogP contribution in [0, 0.1) is 0 Å². The van der Waals surface area contributed by atoms with E-state index in [2.05, 4.69) is 42.5 Å². The van der Waals surface area contributed by atoms with Gasteiger partial charge in [0.15, 0.2) is 0 Å². The summed E-state index contributed by atoms with van der Waals surface area (Å²) in [5.74, 6) is -3.95. The highest BCUT2D eigenvalue weighted by Gasteiger charge is 2.30. The van der Waals surface area contributed by atoms with Crippen LogP contribution in [0.15, 0.2) is 73.6 Å². The molecule has 0 aliphatic rings. The minimum atomic E-state index is -1.55. The largest absolute Gasteiger partial charge is 0.351 e. The Kier molecular flexibility index (Phi) is 25.5. The van der Waals surface area contributed by atoms with Gasteiger partial charge in [0.25, 0.3) is 35.4 Å². The van der Waals surface area contributed by atoms with E-state index in [1.54, 1.807) is 79.7 Å². The van der Waals surface area contributed by atoms with E-state index in [1.165, 1.54) is 12.1 Å². The van der Waals surface area contributed by atoms with E-state index in [4.69, 9.17) is 11.5 Å². The third-order valence-corrected chi connectivity index (χ3v) is 14.3. The lowest BCUT2D eigenvalue weighted by Crippen LogP contribution is -2.55. The summed E-state index contributed by atoms with van der Waals surface area (Å²) in [7, 11) is 7.90. The van der Waals surface area contributed by atoms with E-state index in [9.17, 15) is 38.4 Å². The molecule has 6 heterocycles. The second-order valence-electron chi connectivity index (χ2n) is 22.5. The molecular weight excluding hydrogens is 1120 g/mol. The molecule has 0 fully saturated rings. The number of hydrogen-bond donors (Lipinski definition) is 10. The van der Waals surface area contributed by atoms with Gasteiger partial charge in [-0.25, -0.2) is 0 Å². The maximum absolute atomic E-state index is 14.0. The summed E-state index contributed by atoms with van der Waals surface area (Å²) in [6, 6.07) is 6.32. The van der Waals surface area contributed by atoms with Gasteiger partial charge in [0.05, 0.1) is 34.1 Å². The number of carbonyl (C=O) groups is 8. The number of nitrogens with one attached hydrogen (secondary N) is 8. The SMILES string of the molecule is CCCn1cc(NC(=O)c2cc(NC(=O)c3cc(NC(=O)C(N)C(N)C(=O)Nc4cc(C(=O)Nc5cc(C(=O)Nc6cc(C(=O)NCCCN(C)C)n(CCC)c6)n(CCC)c5)n(CCC)c4)cn3CCC)cn2CCC)cc1C(=O)NCCCN(C)C. The van der Waals surface area contributed by atoms with E-state index < -0.39 is 47.5 Å². The molecule has 0 spiro atoms. The monoisotopic (exact) mass is 1220 g/mol. The predicted molar refractivity (Wildman–Crippen MR) is 344 cm³/mol. The van der Waals surface area contributed by atoms with Crippen molar-refractivity contribution in [1.82, 2.24) is 47.8 Å². The molecule has 0 aliphatic heterocycles. The predicted octanol–water partition coefficient (Wildman–Crippen LogP) is 6.56. The van der Waals surface area contributed by atoms with Gasteiger partial charge >= 0.3 is 0 Å². The van der Waals surface area contributed by atoms with Crippen LogP contribution in [-0.2, 0) is 48.9 Å². The minimum absolute atomic E-state index is 0.199. The normalized spacial score (nSPS) is 12.0. The Labute approximate surface area is 515 Å². The number of hydrogen-bond acceptors (Lipinski definition) is 12. The molecule has 0 aliphatic carbocycles. The third-order valence-electron chi connectivity index (χ3n) is 14.3. The lowest BCUT2D eigenvalue weighted by Gasteiger charge is -2.18. The fourth-order valence-corrected chi connectivity index (χ4v) is 10.1. The molecule has 88 heavy (non-hydrogen) atoms. The molecule has 0 aromatic carbocycles. The van der Waals surface area contributed by atoms with E-state index in [0.29, 0.717) is 124 Å². The Morgan fingerprint density at radius 2 is 0.557 bits per heavy atom. The van der Waals surface area contributed by atoms with Gasteiger partial charge in [-0.2, -0.15) is 0 Å². The van der Waals surface area contributed by atoms with Crippen molar-refractivity contribution in [3.8, 4) is 0 Å². The van der Waals surface area contributed by atoms with Gasteiger partial charge < -0.3 is 91.2 Å². The van der Waals surface area contributed by atoms with Crippen LogP contribution in [0.25, 0.3) is 0 Å². The highest BCUT2D eigenvalue weighted by atomic mass is 16.2. The van der Waals surface area contributed by atoms with Gasteiger partial charge in [0.1, 0.15) is 46.2 Å². The Morgan fingerprint density at radius 1 is 0.352 bits per heavy atom. The van der Waals surface area contributed by atoms with Gasteiger partial charge in [0.2, 0.25) is 11.8 Å². The lowest BCUT2D eigenvalue weighted by molar-refractivity contribution is -0.123. The highest BCUT2D eigenvalue weighted by Crippen LogP contribution is 2.25. The molecule has 26 heteroatoms. The van der Waals surface area contributed by atoms with Crippen LogP contribution in [0.4, 0.5) is 34.1 Å². The standard InChI is InChI=1S/C62H92N18O8/c1-11-21-75-35-41(29-47(75)55(81)65-19-17-27-73(7)8)67-57(83)49-31-43(37-77(49)23-13-3)69-59(85)51-33-45(39-79(51)25-15-5)71-61(87)53(63)54(64)62(88)72-46-34-52(80(40-46)26-16-6)60(86)70-44-32-50(78(38-44)24-14-4)58(84)68-42-30-48(76(36-42)22-12-2)56(82)66-20-18-28-74(9)10/h29-40,53-54H,11-28,63-64H2,1-10H3,(H,65,81)(H,66,82)(H,67,83)(H,68,84)(H,69,85)(H,70,86)(H,71,87)(H,72,88). The summed E-state index contributed by atoms with van der Waals surface area (Å²) in [4.78, 5) is 113. The summed E-state index contributed by atoms with van der Waals surface area (Å²) >= 11 is 0. The summed E-state index contributed by atoms with van der Waals surface area (Å²) in [6.07, 6.45) is 15.8. The molecule has 12 N–H and O–H groups in total. The third kappa shape index (κ3) is 18.6. The zero-order valence-electron chi connectivity index (χ0n) is 52.8. The molecule has 2 atom stereocenters. The van der Waals surface area contributed by atoms with Gasteiger partial charge in [-0.3, -0.25) is 38.4 Å². The molecular formula is C62H92N18O8. The smallest absolute Gasteiger partial charge is 0.272 e. The van der Waals surface area contributed by atoms with Crippen molar-refractivity contribution in [3.63, 3.8) is 0 Å². The van der Waals surface area contributed by atoms with Crippen LogP contribution in [0.5, 0.6) is 0 Å². The molecule has 0 saturated heterocycles. The van der Waals surface area contributed by atoms with Gasteiger partial charge in [0, 0.05) is 89.5 Å². The number of nitrogens with zero attached hydrogens (tertiary/aromatic N) is 8. The molecule has 0 saturated carbocycles. The summed E-state index contributed by atoms with van der Waals surface area (Å²) in [5.41, 5.74) is 16.6. The van der Waals surface area contributed by atoms with E-state index in [1.807, 2.05) is 88.7 Å². The lowest BCUT2D eigenvalue weighted by atomic mass is 10.1. The second kappa shape index (κ2) is 32.9. The number of rotatable bonds is 35. The number of aryl methyl sites for hydroxylation is 6. The quantitative estimate of drug-likeness (QED) is 0.0189. The second-order valence-corrected chi connectivity index (χ2v) is 22.5. The first-order valence-corrected chi connectivity index (χ1v) is 30.6. The Morgan fingerprint density at radius 3 is 0.761 bits per heavy atom. The average molecular weight is 1220 g/mol. The van der Waals surface area contributed by atoms with Gasteiger partial charge in [-0.1, -0.05) is 41.5 Å². The van der Waals surface area contributed by atoms with Gasteiger partial charge in [-0.05, 0) is 129 Å². The topological polar surface area (TPSA) is 321 Å². The summed E-state index contributed by atoms with van der Waals surface area (Å²) < 4.78 is 10.5. The molecule has 478 valence electrons. The maximum atomic E-state index is 14.0. The average Bonchev–Trinajstić information content (AvgIpc) is 3.89. The molecule has 2 unspecified atom stereocenters. The molecule has 8 amide bonds. The van der Waals surface area contributed by atoms with Crippen molar-refractivity contribution in [2.75, 3.05) is 86.3 Å². The zero-order valence-corrected chi connectivity index (χ0v) is 52.8. The fraction of sp³-hybridized carbons (Fsp3) is 0.484. The molecule has 0 radical (unpaired) electrons. The van der Waals surface area contributed by atoms with E-state index in [0.717, 1.165) is 38.8 Å². The molecule has 6 aromatic rings. The van der Waals surface area contributed by atoms with Crippen molar-refractivity contribution in [2.24, 2.45) is 11.5 Å². The van der Waals surface area contributed by atoms with E-state index in [-0.39, 0.29) is 34.6 Å². The van der Waals surface area contributed by atoms with Gasteiger partial charge in [-0.15, -0.1) is 0 Å². The molecule has 26 nitrogen and oxygen atoms in total. The molecule has 6 rings (SSSR count). The minimum Gasteiger partial charge on any atom is -0.351 e. The number of amides is 8. The number of nitrogens with two attached hydrogens (primary N) is 2. The van der Waals surface area contributed by atoms with Crippen molar-refractivity contribution in [1.29, 1.82) is 0 Å². The highest BCUT2D eigenvalue weighted by molar-refractivity contribution is 6.10. The van der Waals surface area contributed by atoms with Crippen LogP contribution in [-0.4, -0.2) is 151 Å². The summed E-state index contributed by atoms with van der Waals surface area (Å²) in [5, 5.41) is 23.0. The van der Waals surface area contributed by atoms with Crippen molar-refractivity contribution in [2.45, 2.75) is 144 Å². The fourth-order valence-electron chi connectivity index (χ4n) is 10.1. The van der Waals surface area contributed by atoms with Crippen molar-refractivity contribution < 1.29 is 38.4 Å². The van der Waals surface area contributed by atoms with Crippen molar-refractivity contribution >= 4 is 81.4 Å². The number of anilines is 6. The summed E-state index contributed by atoms with van der Waals surface area (Å²) in [6.45, 7) is 17.4. The first kappa shape index (κ1) is 68.4. The van der Waals surface area contributed by atoms with Crippen LogP contribution in [0.2, 0.25) is 0 Å². The van der Waals surface area contributed by atoms with Crippen LogP contribution < -0.4 is 54.0 Å². The maximum Gasteiger partial charge on any atom is 0.272 e. The first-order valence-electron chi connectivity index (χ1n) is 30.6. The van der Waals surface area contributed by atoms with Crippen molar-refractivity contribution in [3.05, 3.63) is 108 Å². The van der Waals surface area contributed by atoms with Crippen LogP contribution in [0.3, 0.4) is 0 Å². The Hall–Kier alpha value is -8.72. The first-order chi connectivity index (χ1) is 42.1. The Bertz CT molecular complexity index is 3150. The molecule has 6 aromatic heterocycles. The Balaban J connectivity index is 1.08. The number of aromatic nitrogens is 6. The number of carbonyl (C=O) groups excluding carboxylic acids is 8. The van der Waals surface area contributed by atoms with E-state index >= 15 is 0 Å². The molecule has 0 bridgehead atoms.